The molecule has 0 bridgehead atoms. The van der Waals surface area contributed by atoms with Gasteiger partial charge in [0.2, 0.25) is 5.13 Å². The van der Waals surface area contributed by atoms with Crippen LogP contribution in [0.1, 0.15) is 19.5 Å². The molecule has 0 aliphatic rings. The molecule has 0 amide bonds. The van der Waals surface area contributed by atoms with Gasteiger partial charge in [-0.25, -0.2) is 13.4 Å². The van der Waals surface area contributed by atoms with E-state index in [1.165, 1.54) is 29.8 Å². The average molecular weight is 537 g/mol. The van der Waals surface area contributed by atoms with Crippen molar-refractivity contribution in [3.63, 3.8) is 0 Å². The molecular formula is C17H24BrN6O3S3-. The number of guanidine groups is 1. The number of aromatic nitrogens is 1. The predicted octanol–water partition coefficient (Wildman–Crippen LogP) is 1.81. The molecule has 0 radical (unpaired) electrons. The van der Waals surface area contributed by atoms with Crippen molar-refractivity contribution in [3.8, 4) is 0 Å². The number of thioether (sulfide) groups is 1. The summed E-state index contributed by atoms with van der Waals surface area (Å²) < 4.78 is 27.2. The highest BCUT2D eigenvalue weighted by atomic mass is 79.9. The van der Waals surface area contributed by atoms with E-state index in [2.05, 4.69) is 35.6 Å². The lowest BCUT2D eigenvalue weighted by Crippen LogP contribution is -2.22. The third-order valence-electron chi connectivity index (χ3n) is 2.80. The Kier molecular flexibility index (Phi) is 11.9. The number of nitrogens with zero attached hydrogens (tertiary/aromatic N) is 3. The molecular weight excluding hydrogens is 512 g/mol. The van der Waals surface area contributed by atoms with Gasteiger partial charge in [-0.1, -0.05) is 29.8 Å². The van der Waals surface area contributed by atoms with Crippen LogP contribution in [0.15, 0.2) is 49.0 Å². The fourth-order valence-electron chi connectivity index (χ4n) is 1.67. The van der Waals surface area contributed by atoms with Gasteiger partial charge >= 0.3 is 0 Å². The summed E-state index contributed by atoms with van der Waals surface area (Å²) in [6.45, 7) is 3.71. The molecule has 0 aliphatic heterocycles. The van der Waals surface area contributed by atoms with Crippen LogP contribution in [0, 0.1) is 0 Å². The van der Waals surface area contributed by atoms with Crippen LogP contribution in [0.25, 0.3) is 0 Å². The van der Waals surface area contributed by atoms with Crippen LogP contribution >= 0.6 is 39.0 Å². The van der Waals surface area contributed by atoms with Gasteiger partial charge in [0.25, 0.3) is 10.0 Å². The van der Waals surface area contributed by atoms with Crippen LogP contribution in [0.4, 0.5) is 5.13 Å². The summed E-state index contributed by atoms with van der Waals surface area (Å²) in [5.41, 5.74) is 11.5. The van der Waals surface area contributed by atoms with Gasteiger partial charge in [0, 0.05) is 27.9 Å². The normalized spacial score (nSPS) is 11.2. The molecule has 166 valence electrons. The Morgan fingerprint density at radius 1 is 1.37 bits per heavy atom. The Morgan fingerprint density at radius 3 is 2.60 bits per heavy atom. The molecule has 5 N–H and O–H groups in total. The van der Waals surface area contributed by atoms with E-state index < -0.39 is 16.1 Å². The predicted molar refractivity (Wildman–Crippen MR) is 127 cm³/mol. The number of halogens is 1. The number of benzene rings is 1. The molecule has 1 aromatic carbocycles. The Hall–Kier alpha value is -1.67. The third-order valence-corrected chi connectivity index (χ3v) is 6.39. The standard InChI is InChI=1S/C14H17BrN6O2S3.C3H7O/c15-10-1-3-12(4-2-10)26(22,23)19-9-18-5-6-24-7-11-8-25-14(20-11)21-13(16)17;1-3(2)4/h1-4,8-9H,5-7H2,(H,18,19)(H4,16,17,20,21);3H,1-2H3/q;-1. The van der Waals surface area contributed by atoms with Crippen LogP contribution in [0.2, 0.25) is 0 Å². The first-order valence-electron chi connectivity index (χ1n) is 8.64. The maximum Gasteiger partial charge on any atom is 0.262 e. The number of hydrogen-bond donors (Lipinski definition) is 3. The van der Waals surface area contributed by atoms with Crippen molar-refractivity contribution in [1.82, 2.24) is 9.71 Å². The van der Waals surface area contributed by atoms with Crippen molar-refractivity contribution in [2.75, 3.05) is 12.3 Å². The van der Waals surface area contributed by atoms with Gasteiger partial charge in [0.1, 0.15) is 0 Å². The fraction of sp³-hybridized carbons (Fsp3) is 0.353. The highest BCUT2D eigenvalue weighted by Gasteiger charge is 2.11. The van der Waals surface area contributed by atoms with Crippen LogP contribution in [0.5, 0.6) is 0 Å². The van der Waals surface area contributed by atoms with E-state index in [9.17, 15) is 13.5 Å². The van der Waals surface area contributed by atoms with Gasteiger partial charge in [0.05, 0.1) is 16.9 Å². The summed E-state index contributed by atoms with van der Waals surface area (Å²) in [6.07, 6.45) is 0.789. The second-order valence-electron chi connectivity index (χ2n) is 5.87. The summed E-state index contributed by atoms with van der Waals surface area (Å²) in [6, 6.07) is 6.36. The topological polar surface area (TPSA) is 159 Å². The van der Waals surface area contributed by atoms with E-state index in [1.54, 1.807) is 37.7 Å². The van der Waals surface area contributed by atoms with Crippen LogP contribution < -0.4 is 21.3 Å². The second kappa shape index (κ2) is 13.6. The van der Waals surface area contributed by atoms with Gasteiger partial charge in [-0.3, -0.25) is 9.71 Å². The number of sulfonamides is 1. The maximum absolute atomic E-state index is 12.0. The summed E-state index contributed by atoms with van der Waals surface area (Å²) in [5, 5.41) is 11.9. The quantitative estimate of drug-likeness (QED) is 0.250. The summed E-state index contributed by atoms with van der Waals surface area (Å²) >= 11 is 6.27. The van der Waals surface area contributed by atoms with Gasteiger partial charge < -0.3 is 16.6 Å². The first-order chi connectivity index (χ1) is 14.1. The van der Waals surface area contributed by atoms with Crippen LogP contribution in [0.3, 0.4) is 0 Å². The van der Waals surface area contributed by atoms with E-state index in [1.807, 2.05) is 5.38 Å². The van der Waals surface area contributed by atoms with Crippen molar-refractivity contribution in [2.45, 2.75) is 30.6 Å². The summed E-state index contributed by atoms with van der Waals surface area (Å²) in [5.74, 6) is 1.42. The molecule has 0 spiro atoms. The molecule has 0 unspecified atom stereocenters. The molecule has 9 nitrogen and oxygen atoms in total. The van der Waals surface area contributed by atoms with Gasteiger partial charge in [-0.05, 0) is 24.3 Å². The zero-order chi connectivity index (χ0) is 22.6. The largest absolute Gasteiger partial charge is 0.852 e. The van der Waals surface area contributed by atoms with E-state index in [0.717, 1.165) is 15.9 Å². The molecule has 0 saturated carbocycles. The number of rotatable bonds is 9. The van der Waals surface area contributed by atoms with Crippen molar-refractivity contribution in [1.29, 1.82) is 0 Å². The van der Waals surface area contributed by atoms with Gasteiger partial charge in [-0.2, -0.15) is 16.8 Å². The highest BCUT2D eigenvalue weighted by Crippen LogP contribution is 2.21. The average Bonchev–Trinajstić information content (AvgIpc) is 3.07. The summed E-state index contributed by atoms with van der Waals surface area (Å²) in [4.78, 5) is 12.4. The monoisotopic (exact) mass is 535 g/mol. The number of aliphatic imine (C=N–C) groups is 2. The Balaban J connectivity index is 0.00000103. The highest BCUT2D eigenvalue weighted by molar-refractivity contribution is 9.10. The lowest BCUT2D eigenvalue weighted by molar-refractivity contribution is -0.407. The van der Waals surface area contributed by atoms with Gasteiger partial charge in [-0.15, -0.1) is 17.4 Å². The van der Waals surface area contributed by atoms with Crippen LogP contribution in [-0.2, 0) is 15.8 Å². The third kappa shape index (κ3) is 11.5. The smallest absolute Gasteiger partial charge is 0.262 e. The number of thiazole rings is 1. The first kappa shape index (κ1) is 26.4. The molecule has 0 atom stereocenters. The zero-order valence-electron chi connectivity index (χ0n) is 16.5. The van der Waals surface area contributed by atoms with E-state index in [4.69, 9.17) is 11.5 Å². The van der Waals surface area contributed by atoms with Crippen molar-refractivity contribution >= 4 is 66.5 Å². The number of hydrogen-bond acceptors (Lipinski definition) is 8. The first-order valence-corrected chi connectivity index (χ1v) is 12.9. The Bertz CT molecular complexity index is 924. The minimum atomic E-state index is -3.59. The van der Waals surface area contributed by atoms with Gasteiger partial charge in [0.15, 0.2) is 5.96 Å². The SMILES string of the molecule is CC(C)[O-].NC(N)=Nc1nc(CSCCN=CNS(=O)(=O)c2ccc(Br)cc2)cs1. The number of nitrogens with two attached hydrogens (primary N) is 2. The minimum absolute atomic E-state index is 0.0153. The molecule has 0 saturated heterocycles. The van der Waals surface area contributed by atoms with E-state index >= 15 is 0 Å². The molecule has 0 aliphatic carbocycles. The fourth-order valence-corrected chi connectivity index (χ4v) is 4.33. The van der Waals surface area contributed by atoms with E-state index in [-0.39, 0.29) is 10.9 Å². The van der Waals surface area contributed by atoms with E-state index in [0.29, 0.717) is 17.4 Å². The lowest BCUT2D eigenvalue weighted by Gasteiger charge is -2.03. The molecule has 0 fully saturated rings. The molecule has 2 rings (SSSR count). The lowest BCUT2D eigenvalue weighted by atomic mass is 10.4. The molecule has 30 heavy (non-hydrogen) atoms. The molecule has 2 aromatic rings. The minimum Gasteiger partial charge on any atom is -0.852 e. The summed E-state index contributed by atoms with van der Waals surface area (Å²) in [7, 11) is -3.59. The molecule has 1 aromatic heterocycles. The Labute approximate surface area is 193 Å². The maximum atomic E-state index is 12.0. The van der Waals surface area contributed by atoms with Crippen molar-refractivity contribution in [3.05, 3.63) is 39.8 Å². The molecule has 1 heterocycles. The Morgan fingerprint density at radius 2 is 2.00 bits per heavy atom. The van der Waals surface area contributed by atoms with Crippen molar-refractivity contribution < 1.29 is 13.5 Å². The second-order valence-corrected chi connectivity index (χ2v) is 10.4. The number of nitrogens with one attached hydrogen (secondary N) is 1. The molecule has 13 heteroatoms. The van der Waals surface area contributed by atoms with Crippen molar-refractivity contribution in [2.24, 2.45) is 21.5 Å². The van der Waals surface area contributed by atoms with Crippen LogP contribution in [-0.4, -0.2) is 44.1 Å². The zero-order valence-corrected chi connectivity index (χ0v) is 20.5.